The standard InChI is InChI=1S/C10H12FN/c1-7-4-9-5-10(11)3-2-8(9)6-12-7/h2-3,5,7,12H,4,6H2,1H3/t7-/m1/s1. The maximum Gasteiger partial charge on any atom is 0.123 e. The summed E-state index contributed by atoms with van der Waals surface area (Å²) in [7, 11) is 0. The van der Waals surface area contributed by atoms with Crippen molar-refractivity contribution in [3.8, 4) is 0 Å². The van der Waals surface area contributed by atoms with Crippen LogP contribution in [0.15, 0.2) is 18.2 Å². The number of benzene rings is 1. The molecule has 0 saturated carbocycles. The minimum atomic E-state index is -0.122. The van der Waals surface area contributed by atoms with Gasteiger partial charge in [0.25, 0.3) is 0 Å². The van der Waals surface area contributed by atoms with Crippen molar-refractivity contribution in [3.63, 3.8) is 0 Å². The lowest BCUT2D eigenvalue weighted by atomic mass is 9.97. The van der Waals surface area contributed by atoms with Crippen LogP contribution in [0, 0.1) is 5.82 Å². The van der Waals surface area contributed by atoms with Crippen molar-refractivity contribution in [2.75, 3.05) is 0 Å². The van der Waals surface area contributed by atoms with Crippen LogP contribution in [0.1, 0.15) is 18.1 Å². The number of nitrogens with one attached hydrogen (secondary N) is 1. The lowest BCUT2D eigenvalue weighted by Gasteiger charge is -2.22. The molecule has 1 aliphatic heterocycles. The first-order valence-corrected chi connectivity index (χ1v) is 4.26. The first-order valence-electron chi connectivity index (χ1n) is 4.26. The minimum Gasteiger partial charge on any atom is -0.310 e. The third-order valence-electron chi connectivity index (χ3n) is 2.34. The number of hydrogen-bond donors (Lipinski definition) is 1. The Kier molecular flexibility index (Phi) is 1.85. The second-order valence-corrected chi connectivity index (χ2v) is 3.40. The lowest BCUT2D eigenvalue weighted by molar-refractivity contribution is 0.509. The van der Waals surface area contributed by atoms with E-state index in [0.717, 1.165) is 18.5 Å². The molecule has 12 heavy (non-hydrogen) atoms. The normalized spacial score (nSPS) is 22.0. The molecule has 0 aliphatic carbocycles. The van der Waals surface area contributed by atoms with Gasteiger partial charge in [0.2, 0.25) is 0 Å². The second-order valence-electron chi connectivity index (χ2n) is 3.40. The molecule has 1 aromatic rings. The average Bonchev–Trinajstić information content (AvgIpc) is 2.03. The third-order valence-corrected chi connectivity index (χ3v) is 2.34. The fourth-order valence-electron chi connectivity index (χ4n) is 1.64. The highest BCUT2D eigenvalue weighted by Crippen LogP contribution is 2.17. The van der Waals surface area contributed by atoms with Crippen LogP contribution in [-0.2, 0) is 13.0 Å². The highest BCUT2D eigenvalue weighted by molar-refractivity contribution is 5.30. The van der Waals surface area contributed by atoms with Gasteiger partial charge >= 0.3 is 0 Å². The molecule has 0 aromatic heterocycles. The summed E-state index contributed by atoms with van der Waals surface area (Å²) in [5, 5.41) is 3.34. The highest BCUT2D eigenvalue weighted by atomic mass is 19.1. The van der Waals surface area contributed by atoms with Gasteiger partial charge in [0.15, 0.2) is 0 Å². The topological polar surface area (TPSA) is 12.0 Å². The SMILES string of the molecule is C[C@@H]1Cc2cc(F)ccc2CN1. The highest BCUT2D eigenvalue weighted by Gasteiger charge is 2.13. The summed E-state index contributed by atoms with van der Waals surface area (Å²) in [6.45, 7) is 2.99. The molecule has 2 heteroatoms. The monoisotopic (exact) mass is 165 g/mol. The third kappa shape index (κ3) is 1.34. The van der Waals surface area contributed by atoms with E-state index in [9.17, 15) is 4.39 Å². The van der Waals surface area contributed by atoms with Crippen molar-refractivity contribution in [1.82, 2.24) is 5.32 Å². The first-order chi connectivity index (χ1) is 5.75. The largest absolute Gasteiger partial charge is 0.310 e. The van der Waals surface area contributed by atoms with Gasteiger partial charge in [-0.1, -0.05) is 6.07 Å². The predicted octanol–water partition coefficient (Wildman–Crippen LogP) is 1.86. The maximum atomic E-state index is 12.8. The molecule has 1 heterocycles. The molecule has 0 fully saturated rings. The van der Waals surface area contributed by atoms with Gasteiger partial charge in [-0.05, 0) is 36.6 Å². The Bertz CT molecular complexity index is 296. The summed E-state index contributed by atoms with van der Waals surface area (Å²) in [4.78, 5) is 0. The van der Waals surface area contributed by atoms with Crippen LogP contribution in [-0.4, -0.2) is 6.04 Å². The van der Waals surface area contributed by atoms with E-state index in [1.165, 1.54) is 11.6 Å². The maximum absolute atomic E-state index is 12.8. The molecular weight excluding hydrogens is 153 g/mol. The summed E-state index contributed by atoms with van der Waals surface area (Å²) in [6.07, 6.45) is 0.938. The van der Waals surface area contributed by atoms with Crippen molar-refractivity contribution in [3.05, 3.63) is 35.1 Å². The lowest BCUT2D eigenvalue weighted by Crippen LogP contribution is -2.32. The Morgan fingerprint density at radius 3 is 3.08 bits per heavy atom. The van der Waals surface area contributed by atoms with Crippen molar-refractivity contribution in [2.24, 2.45) is 0 Å². The molecule has 1 nitrogen and oxygen atoms in total. The van der Waals surface area contributed by atoms with Gasteiger partial charge in [0.05, 0.1) is 0 Å². The van der Waals surface area contributed by atoms with E-state index in [0.29, 0.717) is 6.04 Å². The summed E-state index contributed by atoms with van der Waals surface area (Å²) in [5.41, 5.74) is 2.38. The number of hydrogen-bond acceptors (Lipinski definition) is 1. The number of fused-ring (bicyclic) bond motifs is 1. The Morgan fingerprint density at radius 1 is 1.42 bits per heavy atom. The van der Waals surface area contributed by atoms with E-state index in [2.05, 4.69) is 12.2 Å². The van der Waals surface area contributed by atoms with Gasteiger partial charge in [-0.3, -0.25) is 0 Å². The van der Waals surface area contributed by atoms with Crippen LogP contribution >= 0.6 is 0 Å². The van der Waals surface area contributed by atoms with Crippen LogP contribution in [0.3, 0.4) is 0 Å². The van der Waals surface area contributed by atoms with Crippen molar-refractivity contribution >= 4 is 0 Å². The predicted molar refractivity (Wildman–Crippen MR) is 46.4 cm³/mol. The Balaban J connectivity index is 2.37. The van der Waals surface area contributed by atoms with E-state index in [-0.39, 0.29) is 5.82 Å². The molecule has 1 aromatic carbocycles. The molecule has 2 rings (SSSR count). The number of rotatable bonds is 0. The molecule has 64 valence electrons. The van der Waals surface area contributed by atoms with Crippen molar-refractivity contribution in [1.29, 1.82) is 0 Å². The van der Waals surface area contributed by atoms with E-state index >= 15 is 0 Å². The average molecular weight is 165 g/mol. The molecule has 0 unspecified atom stereocenters. The van der Waals surface area contributed by atoms with Gasteiger partial charge in [-0.15, -0.1) is 0 Å². The summed E-state index contributed by atoms with van der Waals surface area (Å²) >= 11 is 0. The summed E-state index contributed by atoms with van der Waals surface area (Å²) < 4.78 is 12.8. The van der Waals surface area contributed by atoms with Gasteiger partial charge in [-0.25, -0.2) is 4.39 Å². The molecule has 0 saturated heterocycles. The smallest absolute Gasteiger partial charge is 0.123 e. The number of halogens is 1. The zero-order chi connectivity index (χ0) is 8.55. The van der Waals surface area contributed by atoms with Gasteiger partial charge in [-0.2, -0.15) is 0 Å². The molecule has 0 spiro atoms. The van der Waals surface area contributed by atoms with Gasteiger partial charge in [0, 0.05) is 12.6 Å². The minimum absolute atomic E-state index is 0.122. The van der Waals surface area contributed by atoms with Crippen LogP contribution in [0.2, 0.25) is 0 Å². The Hall–Kier alpha value is -0.890. The Morgan fingerprint density at radius 2 is 2.25 bits per heavy atom. The van der Waals surface area contributed by atoms with E-state index in [4.69, 9.17) is 0 Å². The second kappa shape index (κ2) is 2.87. The molecule has 1 aliphatic rings. The molecule has 0 radical (unpaired) electrons. The summed E-state index contributed by atoms with van der Waals surface area (Å²) in [6, 6.07) is 5.51. The van der Waals surface area contributed by atoms with Crippen LogP contribution in [0.4, 0.5) is 4.39 Å². The fraction of sp³-hybridized carbons (Fsp3) is 0.400. The fourth-order valence-corrected chi connectivity index (χ4v) is 1.64. The molecule has 1 atom stereocenters. The van der Waals surface area contributed by atoms with Crippen LogP contribution in [0.5, 0.6) is 0 Å². The zero-order valence-corrected chi connectivity index (χ0v) is 7.10. The molecule has 1 N–H and O–H groups in total. The van der Waals surface area contributed by atoms with Gasteiger partial charge < -0.3 is 5.32 Å². The van der Waals surface area contributed by atoms with Crippen LogP contribution < -0.4 is 5.32 Å². The van der Waals surface area contributed by atoms with Crippen LogP contribution in [0.25, 0.3) is 0 Å². The first kappa shape index (κ1) is 7.74. The quantitative estimate of drug-likeness (QED) is 0.618. The van der Waals surface area contributed by atoms with Gasteiger partial charge in [0.1, 0.15) is 5.82 Å². The van der Waals surface area contributed by atoms with E-state index < -0.39 is 0 Å². The Labute approximate surface area is 71.6 Å². The molecule has 0 bridgehead atoms. The van der Waals surface area contributed by atoms with E-state index in [1.807, 2.05) is 6.07 Å². The molecule has 0 amide bonds. The van der Waals surface area contributed by atoms with E-state index in [1.54, 1.807) is 6.07 Å². The van der Waals surface area contributed by atoms with Crippen molar-refractivity contribution < 1.29 is 4.39 Å². The zero-order valence-electron chi connectivity index (χ0n) is 7.10. The van der Waals surface area contributed by atoms with Crippen molar-refractivity contribution in [2.45, 2.75) is 25.9 Å². The summed E-state index contributed by atoms with van der Waals surface area (Å²) in [5.74, 6) is -0.122. The molecular formula is C10H12FN.